The van der Waals surface area contributed by atoms with Gasteiger partial charge < -0.3 is 0 Å². The SMILES string of the molecule is Cc1ccc(S(=O)(=O)N2CCn3c(nn(CC4CC4)c3=O)C2)c(C)c1. The van der Waals surface area contributed by atoms with Gasteiger partial charge in [-0.3, -0.25) is 4.57 Å². The maximum Gasteiger partial charge on any atom is 0.346 e. The van der Waals surface area contributed by atoms with Gasteiger partial charge in [0.05, 0.1) is 11.4 Å². The van der Waals surface area contributed by atoms with Crippen molar-refractivity contribution in [3.05, 3.63) is 45.6 Å². The third kappa shape index (κ3) is 2.93. The predicted octanol–water partition coefficient (Wildman–Crippen LogP) is 1.28. The molecule has 0 atom stereocenters. The van der Waals surface area contributed by atoms with Crippen molar-refractivity contribution < 1.29 is 8.42 Å². The number of aryl methyl sites for hydroxylation is 2. The average molecular weight is 362 g/mol. The molecule has 0 radical (unpaired) electrons. The van der Waals surface area contributed by atoms with Crippen molar-refractivity contribution in [2.75, 3.05) is 6.54 Å². The van der Waals surface area contributed by atoms with E-state index < -0.39 is 10.0 Å². The van der Waals surface area contributed by atoms with Gasteiger partial charge in [-0.05, 0) is 44.2 Å². The second-order valence-electron chi connectivity index (χ2n) is 7.08. The first-order valence-corrected chi connectivity index (χ1v) is 10.0. The third-order valence-corrected chi connectivity index (χ3v) is 6.97. The minimum absolute atomic E-state index is 0.120. The van der Waals surface area contributed by atoms with Gasteiger partial charge in [0.2, 0.25) is 10.0 Å². The fourth-order valence-electron chi connectivity index (χ4n) is 3.37. The molecule has 1 aromatic carbocycles. The number of fused-ring (bicyclic) bond motifs is 1. The average Bonchev–Trinajstić information content (AvgIpc) is 3.31. The normalized spacial score (nSPS) is 18.3. The number of hydrogen-bond acceptors (Lipinski definition) is 4. The lowest BCUT2D eigenvalue weighted by Crippen LogP contribution is -2.41. The molecule has 134 valence electrons. The quantitative estimate of drug-likeness (QED) is 0.821. The molecule has 8 heteroatoms. The van der Waals surface area contributed by atoms with Gasteiger partial charge in [-0.25, -0.2) is 17.9 Å². The lowest BCUT2D eigenvalue weighted by Gasteiger charge is -2.26. The Kier molecular flexibility index (Phi) is 3.84. The monoisotopic (exact) mass is 362 g/mol. The fraction of sp³-hybridized carbons (Fsp3) is 0.529. The molecule has 0 N–H and O–H groups in total. The Morgan fingerprint density at radius 1 is 1.20 bits per heavy atom. The first kappa shape index (κ1) is 16.5. The highest BCUT2D eigenvalue weighted by molar-refractivity contribution is 7.89. The van der Waals surface area contributed by atoms with Crippen molar-refractivity contribution in [3.63, 3.8) is 0 Å². The Bertz CT molecular complexity index is 986. The molecule has 2 heterocycles. The number of rotatable bonds is 4. The zero-order chi connectivity index (χ0) is 17.8. The van der Waals surface area contributed by atoms with Crippen LogP contribution in [0.25, 0.3) is 0 Å². The van der Waals surface area contributed by atoms with Crippen molar-refractivity contribution in [3.8, 4) is 0 Å². The van der Waals surface area contributed by atoms with E-state index in [9.17, 15) is 13.2 Å². The topological polar surface area (TPSA) is 77.2 Å². The lowest BCUT2D eigenvalue weighted by atomic mass is 10.2. The summed E-state index contributed by atoms with van der Waals surface area (Å²) >= 11 is 0. The number of sulfonamides is 1. The van der Waals surface area contributed by atoms with Crippen LogP contribution >= 0.6 is 0 Å². The molecular formula is C17H22N4O3S. The van der Waals surface area contributed by atoms with Crippen LogP contribution in [-0.4, -0.2) is 33.6 Å². The zero-order valence-electron chi connectivity index (χ0n) is 14.5. The van der Waals surface area contributed by atoms with Crippen molar-refractivity contribution in [1.82, 2.24) is 18.7 Å². The Morgan fingerprint density at radius 2 is 1.96 bits per heavy atom. The molecule has 25 heavy (non-hydrogen) atoms. The van der Waals surface area contributed by atoms with Crippen molar-refractivity contribution >= 4 is 10.0 Å². The minimum Gasteiger partial charge on any atom is -0.276 e. The predicted molar refractivity (Wildman–Crippen MR) is 92.7 cm³/mol. The molecule has 0 bridgehead atoms. The smallest absolute Gasteiger partial charge is 0.276 e. The van der Waals surface area contributed by atoms with Crippen LogP contribution in [0.1, 0.15) is 29.8 Å². The summed E-state index contributed by atoms with van der Waals surface area (Å²) < 4.78 is 30.6. The molecular weight excluding hydrogens is 340 g/mol. The minimum atomic E-state index is -3.60. The van der Waals surface area contributed by atoms with E-state index >= 15 is 0 Å². The summed E-state index contributed by atoms with van der Waals surface area (Å²) in [5.74, 6) is 1.08. The van der Waals surface area contributed by atoms with Crippen LogP contribution in [0.4, 0.5) is 0 Å². The highest BCUT2D eigenvalue weighted by atomic mass is 32.2. The van der Waals surface area contributed by atoms with E-state index in [4.69, 9.17) is 0 Å². The molecule has 1 saturated carbocycles. The summed E-state index contributed by atoms with van der Waals surface area (Å²) in [7, 11) is -3.60. The summed E-state index contributed by atoms with van der Waals surface area (Å²) in [6.45, 7) is 5.17. The Morgan fingerprint density at radius 3 is 2.64 bits per heavy atom. The van der Waals surface area contributed by atoms with Gasteiger partial charge in [0.25, 0.3) is 0 Å². The maximum absolute atomic E-state index is 13.0. The number of benzene rings is 1. The number of nitrogens with zero attached hydrogens (tertiary/aromatic N) is 4. The van der Waals surface area contributed by atoms with Crippen LogP contribution in [0, 0.1) is 19.8 Å². The molecule has 0 amide bonds. The summed E-state index contributed by atoms with van der Waals surface area (Å²) in [6, 6.07) is 5.34. The molecule has 1 fully saturated rings. The molecule has 0 spiro atoms. The van der Waals surface area contributed by atoms with Gasteiger partial charge >= 0.3 is 5.69 Å². The molecule has 0 saturated heterocycles. The van der Waals surface area contributed by atoms with E-state index in [1.54, 1.807) is 10.6 Å². The molecule has 1 aliphatic heterocycles. The Labute approximate surface area is 146 Å². The van der Waals surface area contributed by atoms with E-state index in [1.165, 1.54) is 8.99 Å². The van der Waals surface area contributed by atoms with E-state index in [0.717, 1.165) is 24.0 Å². The summed E-state index contributed by atoms with van der Waals surface area (Å²) in [5, 5.41) is 4.39. The van der Waals surface area contributed by atoms with E-state index in [1.807, 2.05) is 26.0 Å². The highest BCUT2D eigenvalue weighted by Crippen LogP contribution is 2.30. The van der Waals surface area contributed by atoms with Crippen molar-refractivity contribution in [1.29, 1.82) is 0 Å². The summed E-state index contributed by atoms with van der Waals surface area (Å²) in [5.41, 5.74) is 1.65. The van der Waals surface area contributed by atoms with Crippen LogP contribution in [0.3, 0.4) is 0 Å². The van der Waals surface area contributed by atoms with Crippen LogP contribution < -0.4 is 5.69 Å². The largest absolute Gasteiger partial charge is 0.346 e. The van der Waals surface area contributed by atoms with Gasteiger partial charge in [0, 0.05) is 19.6 Å². The zero-order valence-corrected chi connectivity index (χ0v) is 15.3. The van der Waals surface area contributed by atoms with E-state index in [2.05, 4.69) is 5.10 Å². The van der Waals surface area contributed by atoms with Crippen LogP contribution in [0.5, 0.6) is 0 Å². The van der Waals surface area contributed by atoms with Crippen LogP contribution in [-0.2, 0) is 29.7 Å². The third-order valence-electron chi connectivity index (χ3n) is 4.97. The van der Waals surface area contributed by atoms with Gasteiger partial charge in [-0.1, -0.05) is 17.7 Å². The van der Waals surface area contributed by atoms with Gasteiger partial charge in [-0.15, -0.1) is 0 Å². The van der Waals surface area contributed by atoms with E-state index in [-0.39, 0.29) is 18.8 Å². The Balaban J connectivity index is 1.64. The van der Waals surface area contributed by atoms with Gasteiger partial charge in [0.15, 0.2) is 0 Å². The second-order valence-corrected chi connectivity index (χ2v) is 8.99. The molecule has 4 rings (SSSR count). The standard InChI is InChI=1S/C17H22N4O3S/c1-12-3-6-15(13(2)9-12)25(23,24)19-7-8-20-16(11-19)18-21(17(20)22)10-14-4-5-14/h3,6,9,14H,4-5,7-8,10-11H2,1-2H3. The van der Waals surface area contributed by atoms with Gasteiger partial charge in [-0.2, -0.15) is 9.40 Å². The van der Waals surface area contributed by atoms with Crippen molar-refractivity contribution in [2.24, 2.45) is 5.92 Å². The molecule has 1 aromatic heterocycles. The molecule has 1 aliphatic carbocycles. The molecule has 2 aromatic rings. The fourth-order valence-corrected chi connectivity index (χ4v) is 4.96. The van der Waals surface area contributed by atoms with Gasteiger partial charge in [0.1, 0.15) is 5.82 Å². The van der Waals surface area contributed by atoms with Crippen LogP contribution in [0.15, 0.2) is 27.9 Å². The number of hydrogen-bond donors (Lipinski definition) is 0. The molecule has 0 unspecified atom stereocenters. The van der Waals surface area contributed by atoms with E-state index in [0.29, 0.717) is 29.7 Å². The Hall–Kier alpha value is -1.93. The second kappa shape index (κ2) is 5.81. The number of aromatic nitrogens is 3. The molecule has 2 aliphatic rings. The summed E-state index contributed by atoms with van der Waals surface area (Å²) in [6.07, 6.45) is 2.28. The highest BCUT2D eigenvalue weighted by Gasteiger charge is 2.32. The van der Waals surface area contributed by atoms with Crippen LogP contribution in [0.2, 0.25) is 0 Å². The molecule has 7 nitrogen and oxygen atoms in total. The van der Waals surface area contributed by atoms with Crippen molar-refractivity contribution in [2.45, 2.75) is 51.2 Å². The first-order chi connectivity index (χ1) is 11.9. The lowest BCUT2D eigenvalue weighted by molar-refractivity contribution is 0.332. The first-order valence-electron chi connectivity index (χ1n) is 8.60. The maximum atomic E-state index is 13.0. The summed E-state index contributed by atoms with van der Waals surface area (Å²) in [4.78, 5) is 12.7.